The maximum atomic E-state index is 4.60. The van der Waals surface area contributed by atoms with Gasteiger partial charge in [-0.15, -0.1) is 0 Å². The van der Waals surface area contributed by atoms with Crippen LogP contribution >= 0.6 is 31.9 Å². The Hall–Kier alpha value is -1.01. The van der Waals surface area contributed by atoms with Crippen molar-refractivity contribution in [2.45, 2.75) is 26.7 Å². The monoisotopic (exact) mass is 398 g/mol. The minimum Gasteiger partial charge on any atom is -0.369 e. The number of pyridine rings is 1. The van der Waals surface area contributed by atoms with Gasteiger partial charge in [-0.2, -0.15) is 0 Å². The van der Waals surface area contributed by atoms with Crippen molar-refractivity contribution in [3.05, 3.63) is 33.0 Å². The quantitative estimate of drug-likeness (QED) is 0.806. The minimum absolute atomic E-state index is 0.635. The summed E-state index contributed by atoms with van der Waals surface area (Å²) in [5.74, 6) is 1.46. The third-order valence-electron chi connectivity index (χ3n) is 2.77. The number of anilines is 1. The smallest absolute Gasteiger partial charge is 0.181 e. The predicted octanol–water partition coefficient (Wildman–Crippen LogP) is 4.45. The Morgan fingerprint density at radius 2 is 2.00 bits per heavy atom. The van der Waals surface area contributed by atoms with Gasteiger partial charge in [-0.05, 0) is 56.8 Å². The first-order valence-corrected chi connectivity index (χ1v) is 8.17. The number of nitrogens with one attached hydrogen (secondary N) is 1. The van der Waals surface area contributed by atoms with Crippen LogP contribution in [0.1, 0.15) is 26.0 Å². The van der Waals surface area contributed by atoms with E-state index >= 15 is 0 Å². The standard InChI is InChI=1S/C14H16Br2N4/c1-3-7-18-13-11(16)10(4-2)19-14(20-13)12-9(15)6-5-8-17-12/h5-6,8H,3-4,7H2,1-2H3,(H,18,19,20). The first-order valence-electron chi connectivity index (χ1n) is 6.58. The summed E-state index contributed by atoms with van der Waals surface area (Å²) in [5, 5.41) is 3.33. The van der Waals surface area contributed by atoms with Crippen LogP contribution in [0.15, 0.2) is 27.3 Å². The molecule has 0 saturated heterocycles. The van der Waals surface area contributed by atoms with Gasteiger partial charge in [0.25, 0.3) is 0 Å². The van der Waals surface area contributed by atoms with Crippen molar-refractivity contribution in [2.75, 3.05) is 11.9 Å². The first kappa shape index (κ1) is 15.4. The number of aryl methyl sites for hydroxylation is 1. The molecule has 0 saturated carbocycles. The van der Waals surface area contributed by atoms with Crippen molar-refractivity contribution in [3.8, 4) is 11.5 Å². The highest BCUT2D eigenvalue weighted by Crippen LogP contribution is 2.29. The van der Waals surface area contributed by atoms with E-state index in [4.69, 9.17) is 0 Å². The van der Waals surface area contributed by atoms with E-state index in [1.165, 1.54) is 0 Å². The molecule has 2 aromatic heterocycles. The molecule has 0 aliphatic carbocycles. The third-order valence-corrected chi connectivity index (χ3v) is 4.24. The summed E-state index contributed by atoms with van der Waals surface area (Å²) in [6.45, 7) is 5.08. The minimum atomic E-state index is 0.635. The topological polar surface area (TPSA) is 50.7 Å². The number of hydrogen-bond acceptors (Lipinski definition) is 4. The van der Waals surface area contributed by atoms with Gasteiger partial charge < -0.3 is 5.32 Å². The van der Waals surface area contributed by atoms with E-state index in [9.17, 15) is 0 Å². The van der Waals surface area contributed by atoms with Crippen molar-refractivity contribution in [2.24, 2.45) is 0 Å². The highest BCUT2D eigenvalue weighted by Gasteiger charge is 2.14. The molecule has 4 nitrogen and oxygen atoms in total. The number of nitrogens with zero attached hydrogens (tertiary/aromatic N) is 3. The van der Waals surface area contributed by atoms with E-state index in [1.54, 1.807) is 6.20 Å². The van der Waals surface area contributed by atoms with Gasteiger partial charge >= 0.3 is 0 Å². The molecule has 0 unspecified atom stereocenters. The summed E-state index contributed by atoms with van der Waals surface area (Å²) in [6.07, 6.45) is 3.62. The van der Waals surface area contributed by atoms with Gasteiger partial charge in [-0.3, -0.25) is 4.98 Å². The summed E-state index contributed by atoms with van der Waals surface area (Å²) in [7, 11) is 0. The molecule has 1 N–H and O–H groups in total. The second kappa shape index (κ2) is 7.13. The van der Waals surface area contributed by atoms with Crippen molar-refractivity contribution in [3.63, 3.8) is 0 Å². The molecule has 2 rings (SSSR count). The van der Waals surface area contributed by atoms with Crippen molar-refractivity contribution in [1.82, 2.24) is 15.0 Å². The van der Waals surface area contributed by atoms with Crippen LogP contribution in [0.5, 0.6) is 0 Å². The van der Waals surface area contributed by atoms with Crippen molar-refractivity contribution < 1.29 is 0 Å². The largest absolute Gasteiger partial charge is 0.369 e. The Kier molecular flexibility index (Phi) is 5.48. The Balaban J connectivity index is 2.51. The van der Waals surface area contributed by atoms with Gasteiger partial charge in [0, 0.05) is 17.2 Å². The summed E-state index contributed by atoms with van der Waals surface area (Å²) in [5.41, 5.74) is 1.74. The van der Waals surface area contributed by atoms with Gasteiger partial charge in [-0.1, -0.05) is 13.8 Å². The molecule has 0 radical (unpaired) electrons. The van der Waals surface area contributed by atoms with Gasteiger partial charge in [0.05, 0.1) is 10.2 Å². The van der Waals surface area contributed by atoms with E-state index in [2.05, 4.69) is 66.0 Å². The van der Waals surface area contributed by atoms with Crippen molar-refractivity contribution >= 4 is 37.7 Å². The Morgan fingerprint density at radius 3 is 2.65 bits per heavy atom. The Labute approximate surface area is 135 Å². The summed E-state index contributed by atoms with van der Waals surface area (Å²) >= 11 is 7.08. The molecule has 2 heterocycles. The van der Waals surface area contributed by atoms with Crippen LogP contribution in [0, 0.1) is 0 Å². The van der Waals surface area contributed by atoms with Crippen LogP contribution in [0.25, 0.3) is 11.5 Å². The zero-order valence-electron chi connectivity index (χ0n) is 11.5. The summed E-state index contributed by atoms with van der Waals surface area (Å²) < 4.78 is 1.83. The van der Waals surface area contributed by atoms with E-state index in [0.29, 0.717) is 5.82 Å². The highest BCUT2D eigenvalue weighted by molar-refractivity contribution is 9.11. The summed E-state index contributed by atoms with van der Waals surface area (Å²) in [6, 6.07) is 3.82. The van der Waals surface area contributed by atoms with Gasteiger partial charge in [0.1, 0.15) is 11.5 Å². The third kappa shape index (κ3) is 3.35. The van der Waals surface area contributed by atoms with Crippen LogP contribution in [0.4, 0.5) is 5.82 Å². The molecule has 0 atom stereocenters. The van der Waals surface area contributed by atoms with E-state index in [1.807, 2.05) is 12.1 Å². The fourth-order valence-electron chi connectivity index (χ4n) is 1.74. The van der Waals surface area contributed by atoms with Crippen LogP contribution < -0.4 is 5.32 Å². The van der Waals surface area contributed by atoms with Gasteiger partial charge in [0.2, 0.25) is 0 Å². The zero-order valence-corrected chi connectivity index (χ0v) is 14.6. The Bertz CT molecular complexity index is 602. The van der Waals surface area contributed by atoms with E-state index in [-0.39, 0.29) is 0 Å². The second-order valence-corrected chi connectivity index (χ2v) is 5.92. The molecule has 0 amide bonds. The maximum absolute atomic E-state index is 4.60. The van der Waals surface area contributed by atoms with Crippen LogP contribution in [-0.4, -0.2) is 21.5 Å². The van der Waals surface area contributed by atoms with Crippen molar-refractivity contribution in [1.29, 1.82) is 0 Å². The molecular weight excluding hydrogens is 384 g/mol. The van der Waals surface area contributed by atoms with Gasteiger partial charge in [0.15, 0.2) is 5.82 Å². The number of aromatic nitrogens is 3. The normalized spacial score (nSPS) is 10.6. The molecule has 0 bridgehead atoms. The van der Waals surface area contributed by atoms with E-state index in [0.717, 1.165) is 45.5 Å². The van der Waals surface area contributed by atoms with Crippen LogP contribution in [-0.2, 0) is 6.42 Å². The average Bonchev–Trinajstić information content (AvgIpc) is 2.47. The highest BCUT2D eigenvalue weighted by atomic mass is 79.9. The second-order valence-electron chi connectivity index (χ2n) is 4.27. The SMILES string of the molecule is CCCNc1nc(-c2ncccc2Br)nc(CC)c1Br. The average molecular weight is 400 g/mol. The lowest BCUT2D eigenvalue weighted by Crippen LogP contribution is -2.07. The van der Waals surface area contributed by atoms with E-state index < -0.39 is 0 Å². The number of hydrogen-bond donors (Lipinski definition) is 1. The fourth-order valence-corrected chi connectivity index (χ4v) is 2.77. The van der Waals surface area contributed by atoms with Crippen LogP contribution in [0.2, 0.25) is 0 Å². The van der Waals surface area contributed by atoms with Gasteiger partial charge in [-0.25, -0.2) is 9.97 Å². The molecule has 2 aromatic rings. The number of halogens is 2. The molecule has 0 fully saturated rings. The lowest BCUT2D eigenvalue weighted by Gasteiger charge is -2.12. The lowest BCUT2D eigenvalue weighted by atomic mass is 10.2. The maximum Gasteiger partial charge on any atom is 0.181 e. The number of rotatable bonds is 5. The molecule has 0 aliphatic heterocycles. The zero-order chi connectivity index (χ0) is 14.5. The molecular formula is C14H16Br2N4. The molecule has 106 valence electrons. The summed E-state index contributed by atoms with van der Waals surface area (Å²) in [4.78, 5) is 13.5. The molecule has 0 aliphatic rings. The first-order chi connectivity index (χ1) is 9.67. The lowest BCUT2D eigenvalue weighted by molar-refractivity contribution is 0.940. The Morgan fingerprint density at radius 1 is 1.20 bits per heavy atom. The molecule has 6 heteroatoms. The molecule has 20 heavy (non-hydrogen) atoms. The fraction of sp³-hybridized carbons (Fsp3) is 0.357. The molecule has 0 aromatic carbocycles. The predicted molar refractivity (Wildman–Crippen MR) is 88.8 cm³/mol. The van der Waals surface area contributed by atoms with Crippen LogP contribution in [0.3, 0.4) is 0 Å². The molecule has 0 spiro atoms.